The van der Waals surface area contributed by atoms with Gasteiger partial charge in [0, 0.05) is 15.6 Å². The molecule has 0 aliphatic rings. The summed E-state index contributed by atoms with van der Waals surface area (Å²) in [5.41, 5.74) is 7.93. The van der Waals surface area contributed by atoms with Crippen LogP contribution in [0.4, 0.5) is 5.82 Å². The van der Waals surface area contributed by atoms with Crippen LogP contribution in [0.3, 0.4) is 0 Å². The van der Waals surface area contributed by atoms with Gasteiger partial charge in [-0.3, -0.25) is 0 Å². The van der Waals surface area contributed by atoms with E-state index in [9.17, 15) is 0 Å². The molecule has 0 saturated carbocycles. The minimum absolute atomic E-state index is 0.106. The van der Waals surface area contributed by atoms with E-state index in [-0.39, 0.29) is 5.54 Å². The summed E-state index contributed by atoms with van der Waals surface area (Å²) in [4.78, 5) is 4.64. The first-order valence-electron chi connectivity index (χ1n) is 6.45. The molecule has 0 unspecified atom stereocenters. The number of imidazole rings is 1. The molecule has 0 amide bonds. The molecule has 0 bridgehead atoms. The van der Waals surface area contributed by atoms with Gasteiger partial charge >= 0.3 is 0 Å². The van der Waals surface area contributed by atoms with Crippen molar-refractivity contribution >= 4 is 21.7 Å². The molecule has 108 valence electrons. The highest BCUT2D eigenvalue weighted by atomic mass is 79.9. The number of halogens is 1. The number of nitrogens with two attached hydrogens (primary N) is 1. The molecule has 2 rings (SSSR count). The van der Waals surface area contributed by atoms with Gasteiger partial charge in [0.2, 0.25) is 0 Å². The molecular weight excluding hydrogens is 318 g/mol. The highest BCUT2D eigenvalue weighted by molar-refractivity contribution is 9.10. The summed E-state index contributed by atoms with van der Waals surface area (Å²) in [6, 6.07) is 5.78. The van der Waals surface area contributed by atoms with Crippen molar-refractivity contribution in [1.29, 1.82) is 0 Å². The van der Waals surface area contributed by atoms with Crippen LogP contribution in [0.1, 0.15) is 26.6 Å². The van der Waals surface area contributed by atoms with Crippen LogP contribution in [0.5, 0.6) is 5.75 Å². The van der Waals surface area contributed by atoms with Crippen molar-refractivity contribution in [2.45, 2.75) is 33.2 Å². The zero-order chi connectivity index (χ0) is 15.1. The van der Waals surface area contributed by atoms with Crippen LogP contribution in [0.2, 0.25) is 0 Å². The number of hydrogen-bond donors (Lipinski definition) is 1. The van der Waals surface area contributed by atoms with Crippen LogP contribution in [-0.4, -0.2) is 16.7 Å². The predicted molar refractivity (Wildman–Crippen MR) is 86.1 cm³/mol. The molecule has 0 fully saturated rings. The third-order valence-corrected chi connectivity index (χ3v) is 3.87. The predicted octanol–water partition coefficient (Wildman–Crippen LogP) is 3.97. The monoisotopic (exact) mass is 337 g/mol. The first kappa shape index (κ1) is 14.9. The molecule has 5 heteroatoms. The van der Waals surface area contributed by atoms with E-state index in [1.807, 2.05) is 29.7 Å². The molecule has 0 aliphatic heterocycles. The molecule has 0 aliphatic carbocycles. The van der Waals surface area contributed by atoms with Crippen molar-refractivity contribution in [2.24, 2.45) is 0 Å². The molecule has 2 N–H and O–H groups in total. The van der Waals surface area contributed by atoms with Crippen molar-refractivity contribution < 1.29 is 4.74 Å². The van der Waals surface area contributed by atoms with Crippen molar-refractivity contribution in [2.75, 3.05) is 12.8 Å². The van der Waals surface area contributed by atoms with Gasteiger partial charge in [0.1, 0.15) is 23.1 Å². The van der Waals surface area contributed by atoms with Crippen LogP contribution in [0.25, 0.3) is 11.3 Å². The second-order valence-electron chi connectivity index (χ2n) is 5.74. The standard InChI is InChI=1S/C15H20BrN3O/c1-9-18-13(14(17)19(9)15(2,3)4)11-8-10(20-5)6-7-12(11)16/h6-8H,17H2,1-5H3. The molecule has 0 saturated heterocycles. The summed E-state index contributed by atoms with van der Waals surface area (Å²) in [6.07, 6.45) is 0. The van der Waals surface area contributed by atoms with E-state index in [0.717, 1.165) is 27.3 Å². The summed E-state index contributed by atoms with van der Waals surface area (Å²) in [6.45, 7) is 8.31. The maximum atomic E-state index is 6.32. The Hall–Kier alpha value is -1.49. The lowest BCUT2D eigenvalue weighted by molar-refractivity contribution is 0.393. The van der Waals surface area contributed by atoms with Crippen LogP contribution < -0.4 is 10.5 Å². The maximum Gasteiger partial charge on any atom is 0.132 e. The summed E-state index contributed by atoms with van der Waals surface area (Å²) in [5.74, 6) is 2.36. The molecule has 0 atom stereocenters. The van der Waals surface area contributed by atoms with Crippen LogP contribution >= 0.6 is 15.9 Å². The molecular formula is C15H20BrN3O. The van der Waals surface area contributed by atoms with Crippen molar-refractivity contribution in [3.8, 4) is 17.0 Å². The van der Waals surface area contributed by atoms with Gasteiger partial charge < -0.3 is 15.0 Å². The third-order valence-electron chi connectivity index (χ3n) is 3.18. The molecule has 1 heterocycles. The van der Waals surface area contributed by atoms with Gasteiger partial charge in [-0.25, -0.2) is 4.98 Å². The number of nitrogens with zero attached hydrogens (tertiary/aromatic N) is 2. The quantitative estimate of drug-likeness (QED) is 0.902. The lowest BCUT2D eigenvalue weighted by Crippen LogP contribution is -2.24. The van der Waals surface area contributed by atoms with Crippen LogP contribution in [-0.2, 0) is 5.54 Å². The Labute approximate surface area is 128 Å². The largest absolute Gasteiger partial charge is 0.497 e. The van der Waals surface area contributed by atoms with Gasteiger partial charge in [-0.2, -0.15) is 0 Å². The van der Waals surface area contributed by atoms with Crippen LogP contribution in [0, 0.1) is 6.92 Å². The minimum atomic E-state index is -0.106. The molecule has 0 spiro atoms. The first-order valence-corrected chi connectivity index (χ1v) is 7.24. The second kappa shape index (κ2) is 5.13. The van der Waals surface area contributed by atoms with Gasteiger partial charge in [-0.1, -0.05) is 15.9 Å². The Morgan fingerprint density at radius 1 is 1.30 bits per heavy atom. The van der Waals surface area contributed by atoms with E-state index in [4.69, 9.17) is 10.5 Å². The fourth-order valence-electron chi connectivity index (χ4n) is 2.41. The Bertz CT molecular complexity index is 641. The normalized spacial score (nSPS) is 11.7. The van der Waals surface area contributed by atoms with E-state index in [0.29, 0.717) is 5.82 Å². The summed E-state index contributed by atoms with van der Waals surface area (Å²) in [5, 5.41) is 0. The number of rotatable bonds is 2. The molecule has 0 radical (unpaired) electrons. The van der Waals surface area contributed by atoms with E-state index in [1.165, 1.54) is 0 Å². The third kappa shape index (κ3) is 2.54. The molecule has 4 nitrogen and oxygen atoms in total. The number of nitrogen functional groups attached to an aromatic ring is 1. The smallest absolute Gasteiger partial charge is 0.132 e. The van der Waals surface area contributed by atoms with E-state index in [1.54, 1.807) is 7.11 Å². The molecule has 20 heavy (non-hydrogen) atoms. The van der Waals surface area contributed by atoms with Gasteiger partial charge in [0.15, 0.2) is 0 Å². The lowest BCUT2D eigenvalue weighted by Gasteiger charge is -2.24. The van der Waals surface area contributed by atoms with E-state index in [2.05, 4.69) is 41.7 Å². The van der Waals surface area contributed by atoms with E-state index < -0.39 is 0 Å². The topological polar surface area (TPSA) is 53.1 Å². The number of aryl methyl sites for hydroxylation is 1. The number of benzene rings is 1. The molecule has 1 aromatic heterocycles. The average Bonchev–Trinajstić information content (AvgIpc) is 2.65. The van der Waals surface area contributed by atoms with Gasteiger partial charge in [-0.15, -0.1) is 0 Å². The lowest BCUT2D eigenvalue weighted by atomic mass is 10.1. The number of ether oxygens (including phenoxy) is 1. The average molecular weight is 338 g/mol. The number of anilines is 1. The Balaban J connectivity index is 2.66. The van der Waals surface area contributed by atoms with Crippen molar-refractivity contribution in [1.82, 2.24) is 9.55 Å². The summed E-state index contributed by atoms with van der Waals surface area (Å²) in [7, 11) is 1.65. The van der Waals surface area contributed by atoms with E-state index >= 15 is 0 Å². The molecule has 1 aromatic carbocycles. The zero-order valence-corrected chi connectivity index (χ0v) is 14.1. The van der Waals surface area contributed by atoms with Gasteiger partial charge in [-0.05, 0) is 45.9 Å². The number of methoxy groups -OCH3 is 1. The highest BCUT2D eigenvalue weighted by Gasteiger charge is 2.23. The van der Waals surface area contributed by atoms with Crippen LogP contribution in [0.15, 0.2) is 22.7 Å². The number of hydrogen-bond acceptors (Lipinski definition) is 3. The second-order valence-corrected chi connectivity index (χ2v) is 6.60. The first-order chi connectivity index (χ1) is 9.25. The van der Waals surface area contributed by atoms with Gasteiger partial charge in [0.05, 0.1) is 7.11 Å². The Kier molecular flexibility index (Phi) is 3.82. The Morgan fingerprint density at radius 3 is 2.45 bits per heavy atom. The summed E-state index contributed by atoms with van der Waals surface area (Å²) < 4.78 is 8.28. The SMILES string of the molecule is COc1ccc(Br)c(-c2nc(C)n(C(C)(C)C)c2N)c1. The number of aromatic nitrogens is 2. The molecule has 2 aromatic rings. The van der Waals surface area contributed by atoms with Crippen molar-refractivity contribution in [3.05, 3.63) is 28.5 Å². The Morgan fingerprint density at radius 2 is 1.95 bits per heavy atom. The highest BCUT2D eigenvalue weighted by Crippen LogP contribution is 2.36. The zero-order valence-electron chi connectivity index (χ0n) is 12.5. The summed E-state index contributed by atoms with van der Waals surface area (Å²) >= 11 is 3.55. The fourth-order valence-corrected chi connectivity index (χ4v) is 2.84. The van der Waals surface area contributed by atoms with Gasteiger partial charge in [0.25, 0.3) is 0 Å². The van der Waals surface area contributed by atoms with Crippen molar-refractivity contribution in [3.63, 3.8) is 0 Å². The minimum Gasteiger partial charge on any atom is -0.497 e. The fraction of sp³-hybridized carbons (Fsp3) is 0.400. The maximum absolute atomic E-state index is 6.32.